The molecule has 1 saturated heterocycles. The first-order valence-electron chi connectivity index (χ1n) is 12.1. The lowest BCUT2D eigenvalue weighted by Crippen LogP contribution is -2.56. The Morgan fingerprint density at radius 2 is 1.89 bits per heavy atom. The van der Waals surface area contributed by atoms with Crippen molar-refractivity contribution in [3.63, 3.8) is 0 Å². The molecule has 1 N–H and O–H groups in total. The Hall–Kier alpha value is -4.58. The maximum Gasteiger partial charge on any atom is 0.295 e. The first-order chi connectivity index (χ1) is 18.4. The maximum atomic E-state index is 13.4. The van der Waals surface area contributed by atoms with Crippen LogP contribution in [0.5, 0.6) is 5.75 Å². The van der Waals surface area contributed by atoms with Gasteiger partial charge in [-0.25, -0.2) is 14.6 Å². The number of Topliss-reactive ketones (excluding diaryl/α,β-unsaturated/α-hetero) is 1. The summed E-state index contributed by atoms with van der Waals surface area (Å²) in [7, 11) is 3.02. The van der Waals surface area contributed by atoms with Crippen LogP contribution in [0, 0.1) is 0 Å². The fourth-order valence-corrected chi connectivity index (χ4v) is 4.66. The maximum absolute atomic E-state index is 13.4. The van der Waals surface area contributed by atoms with Gasteiger partial charge in [0, 0.05) is 44.5 Å². The van der Waals surface area contributed by atoms with E-state index >= 15 is 0 Å². The molecule has 0 saturated carbocycles. The summed E-state index contributed by atoms with van der Waals surface area (Å²) in [5.41, 5.74) is 1.23. The first-order valence-corrected chi connectivity index (χ1v) is 12.1. The number of aromatic amines is 1. The summed E-state index contributed by atoms with van der Waals surface area (Å²) in [5.74, 6) is -0.225. The molecule has 4 aromatic rings. The molecular formula is C26H27N7O5. The molecule has 5 rings (SSSR count). The minimum atomic E-state index is -0.680. The highest BCUT2D eigenvalue weighted by Gasteiger charge is 2.34. The van der Waals surface area contributed by atoms with Crippen molar-refractivity contribution in [1.82, 2.24) is 34.5 Å². The number of ketones is 1. The second kappa shape index (κ2) is 10.4. The summed E-state index contributed by atoms with van der Waals surface area (Å²) in [6.45, 7) is 2.93. The van der Waals surface area contributed by atoms with Gasteiger partial charge in [0.1, 0.15) is 18.7 Å². The number of carbonyl (C=O) groups excluding carboxylic acids is 3. The lowest BCUT2D eigenvalue weighted by Gasteiger charge is -2.39. The predicted molar refractivity (Wildman–Crippen MR) is 136 cm³/mol. The molecule has 1 atom stereocenters. The van der Waals surface area contributed by atoms with Gasteiger partial charge in [-0.2, -0.15) is 0 Å². The number of nitrogens with one attached hydrogen (secondary N) is 1. The number of fused-ring (bicyclic) bond motifs is 1. The van der Waals surface area contributed by atoms with Crippen LogP contribution in [0.1, 0.15) is 33.5 Å². The lowest BCUT2D eigenvalue weighted by atomic mass is 10.1. The SMILES string of the molecule is COCc1ncn(-c2ncc(OC)c3c(C(=O)C(=O)N4CCN(C(=O)c5ccccc5)[C@H](C)C4)c[nH]c23)n1. The fourth-order valence-electron chi connectivity index (χ4n) is 4.66. The monoisotopic (exact) mass is 517 g/mol. The number of piperazine rings is 1. The van der Waals surface area contributed by atoms with Crippen LogP contribution in [-0.4, -0.2) is 92.0 Å². The van der Waals surface area contributed by atoms with Gasteiger partial charge >= 0.3 is 0 Å². The van der Waals surface area contributed by atoms with Crippen LogP contribution in [0.4, 0.5) is 0 Å². The number of aromatic nitrogens is 5. The Kier molecular flexibility index (Phi) is 6.88. The number of ether oxygens (including phenoxy) is 2. The molecule has 0 aliphatic carbocycles. The Bertz CT molecular complexity index is 1500. The Balaban J connectivity index is 1.39. The van der Waals surface area contributed by atoms with Crippen LogP contribution in [0.15, 0.2) is 49.1 Å². The minimum absolute atomic E-state index is 0.0975. The van der Waals surface area contributed by atoms with Gasteiger partial charge in [-0.05, 0) is 19.1 Å². The molecule has 3 aromatic heterocycles. The third-order valence-electron chi connectivity index (χ3n) is 6.54. The van der Waals surface area contributed by atoms with Gasteiger partial charge in [0.05, 0.1) is 29.8 Å². The van der Waals surface area contributed by atoms with Gasteiger partial charge in [0.2, 0.25) is 0 Å². The smallest absolute Gasteiger partial charge is 0.295 e. The van der Waals surface area contributed by atoms with Gasteiger partial charge in [0.15, 0.2) is 11.6 Å². The van der Waals surface area contributed by atoms with E-state index < -0.39 is 11.7 Å². The van der Waals surface area contributed by atoms with Crippen LogP contribution < -0.4 is 4.74 Å². The largest absolute Gasteiger partial charge is 0.494 e. The van der Waals surface area contributed by atoms with Crippen LogP contribution in [-0.2, 0) is 16.1 Å². The topological polar surface area (TPSA) is 136 Å². The van der Waals surface area contributed by atoms with Crippen molar-refractivity contribution in [2.45, 2.75) is 19.6 Å². The molecular weight excluding hydrogens is 490 g/mol. The molecule has 196 valence electrons. The average Bonchev–Trinajstić information content (AvgIpc) is 3.60. The zero-order chi connectivity index (χ0) is 26.8. The third kappa shape index (κ3) is 4.50. The normalized spacial score (nSPS) is 15.6. The zero-order valence-corrected chi connectivity index (χ0v) is 21.2. The Morgan fingerprint density at radius 1 is 1.11 bits per heavy atom. The predicted octanol–water partition coefficient (Wildman–Crippen LogP) is 1.85. The summed E-state index contributed by atoms with van der Waals surface area (Å²) < 4.78 is 12.0. The van der Waals surface area contributed by atoms with E-state index in [4.69, 9.17) is 9.47 Å². The van der Waals surface area contributed by atoms with E-state index in [0.717, 1.165) is 0 Å². The quantitative estimate of drug-likeness (QED) is 0.290. The number of rotatable bonds is 7. The van der Waals surface area contributed by atoms with Crippen LogP contribution in [0.3, 0.4) is 0 Å². The summed E-state index contributed by atoms with van der Waals surface area (Å²) in [5, 5.41) is 4.78. The molecule has 12 heteroatoms. The number of carbonyl (C=O) groups is 3. The molecule has 0 bridgehead atoms. The molecule has 0 radical (unpaired) electrons. The summed E-state index contributed by atoms with van der Waals surface area (Å²) >= 11 is 0. The van der Waals surface area contributed by atoms with Gasteiger partial charge in [-0.15, -0.1) is 5.10 Å². The van der Waals surface area contributed by atoms with Gasteiger partial charge in [-0.3, -0.25) is 14.4 Å². The van der Waals surface area contributed by atoms with Crippen molar-refractivity contribution in [3.05, 3.63) is 66.0 Å². The highest BCUT2D eigenvalue weighted by Crippen LogP contribution is 2.32. The molecule has 4 heterocycles. The lowest BCUT2D eigenvalue weighted by molar-refractivity contribution is -0.128. The number of methoxy groups -OCH3 is 2. The van der Waals surface area contributed by atoms with E-state index in [-0.39, 0.29) is 37.2 Å². The Labute approximate surface area is 218 Å². The standard InChI is InChI=1S/C26H27N7O5/c1-16-13-31(9-10-32(16)25(35)17-7-5-4-6-8-17)26(36)23(34)18-11-27-22-21(18)19(38-3)12-28-24(22)33-15-29-20(30-33)14-37-2/h4-8,11-12,15-16,27H,9-10,13-14H2,1-3H3/t16-/m1/s1. The molecule has 0 unspecified atom stereocenters. The number of amides is 2. The van der Waals surface area contributed by atoms with Gasteiger partial charge < -0.3 is 24.3 Å². The van der Waals surface area contributed by atoms with Crippen LogP contribution in [0.2, 0.25) is 0 Å². The van der Waals surface area contributed by atoms with Crippen molar-refractivity contribution < 1.29 is 23.9 Å². The number of nitrogens with zero attached hydrogens (tertiary/aromatic N) is 6. The third-order valence-corrected chi connectivity index (χ3v) is 6.54. The molecule has 2 amide bonds. The average molecular weight is 518 g/mol. The highest BCUT2D eigenvalue weighted by molar-refractivity contribution is 6.45. The molecule has 1 fully saturated rings. The van der Waals surface area contributed by atoms with E-state index in [0.29, 0.717) is 40.4 Å². The summed E-state index contributed by atoms with van der Waals surface area (Å²) in [4.78, 5) is 54.6. The van der Waals surface area contributed by atoms with E-state index in [1.165, 1.54) is 35.4 Å². The second-order valence-electron chi connectivity index (χ2n) is 8.93. The zero-order valence-electron chi connectivity index (χ0n) is 21.2. The minimum Gasteiger partial charge on any atom is -0.494 e. The van der Waals surface area contributed by atoms with Crippen molar-refractivity contribution >= 4 is 28.5 Å². The highest BCUT2D eigenvalue weighted by atomic mass is 16.5. The number of benzene rings is 1. The van der Waals surface area contributed by atoms with Crippen LogP contribution in [0.25, 0.3) is 16.7 Å². The van der Waals surface area contributed by atoms with Crippen molar-refractivity contribution in [2.24, 2.45) is 0 Å². The van der Waals surface area contributed by atoms with E-state index in [1.807, 2.05) is 25.1 Å². The van der Waals surface area contributed by atoms with Crippen LogP contribution >= 0.6 is 0 Å². The van der Waals surface area contributed by atoms with Gasteiger partial charge in [0.25, 0.3) is 17.6 Å². The number of H-pyrrole nitrogens is 1. The fraction of sp³-hybridized carbons (Fsp3) is 0.308. The first kappa shape index (κ1) is 25.1. The second-order valence-corrected chi connectivity index (χ2v) is 8.93. The molecule has 1 aliphatic heterocycles. The molecule has 1 aliphatic rings. The van der Waals surface area contributed by atoms with Crippen molar-refractivity contribution in [3.8, 4) is 11.6 Å². The van der Waals surface area contributed by atoms with Gasteiger partial charge in [-0.1, -0.05) is 18.2 Å². The summed E-state index contributed by atoms with van der Waals surface area (Å²) in [6.07, 6.45) is 4.44. The number of pyridine rings is 1. The number of hydrogen-bond acceptors (Lipinski definition) is 8. The molecule has 38 heavy (non-hydrogen) atoms. The Morgan fingerprint density at radius 3 is 2.61 bits per heavy atom. The van der Waals surface area contributed by atoms with Crippen molar-refractivity contribution in [2.75, 3.05) is 33.9 Å². The van der Waals surface area contributed by atoms with E-state index in [9.17, 15) is 14.4 Å². The summed E-state index contributed by atoms with van der Waals surface area (Å²) in [6, 6.07) is 8.76. The van der Waals surface area contributed by atoms with E-state index in [1.54, 1.807) is 24.1 Å². The van der Waals surface area contributed by atoms with Crippen molar-refractivity contribution in [1.29, 1.82) is 0 Å². The van der Waals surface area contributed by atoms with E-state index in [2.05, 4.69) is 20.1 Å². The molecule has 12 nitrogen and oxygen atoms in total. The molecule has 0 spiro atoms. The molecule has 1 aromatic carbocycles. The number of hydrogen-bond donors (Lipinski definition) is 1.